The molecular weight excluding hydrogens is 624 g/mol. The summed E-state index contributed by atoms with van der Waals surface area (Å²) in [5.74, 6) is -1.38. The zero-order valence-electron chi connectivity index (χ0n) is 29.7. The summed E-state index contributed by atoms with van der Waals surface area (Å²) >= 11 is 0. The summed E-state index contributed by atoms with van der Waals surface area (Å²) in [7, 11) is 0. The lowest BCUT2D eigenvalue weighted by Gasteiger charge is -2.32. The molecule has 2 unspecified atom stereocenters. The van der Waals surface area contributed by atoms with Gasteiger partial charge in [-0.2, -0.15) is 10.5 Å². The number of hydrogen-bond donors (Lipinski definition) is 0. The monoisotopic (exact) mass is 666 g/mol. The summed E-state index contributed by atoms with van der Waals surface area (Å²) in [6.45, 7) is 12.8. The molecule has 0 N–H and O–H groups in total. The lowest BCUT2D eigenvalue weighted by molar-refractivity contribution is 0.0571. The Morgan fingerprint density at radius 1 is 0.560 bits per heavy atom. The van der Waals surface area contributed by atoms with Gasteiger partial charge < -0.3 is 0 Å². The maximum atomic E-state index is 14.0. The van der Waals surface area contributed by atoms with Gasteiger partial charge in [-0.05, 0) is 59.7 Å². The van der Waals surface area contributed by atoms with E-state index < -0.39 is 11.8 Å². The number of benzene rings is 5. The van der Waals surface area contributed by atoms with Gasteiger partial charge in [0.25, 0.3) is 23.6 Å². The summed E-state index contributed by atoms with van der Waals surface area (Å²) in [6.07, 6.45) is 5.81. The van der Waals surface area contributed by atoms with E-state index in [9.17, 15) is 29.7 Å². The number of nitriles is 2. The molecule has 0 saturated heterocycles. The maximum Gasteiger partial charge on any atom is 0.261 e. The minimum atomic E-state index is -0.433. The Balaban J connectivity index is 0.00000212. The molecule has 0 saturated carbocycles. The standard InChI is InChI=1S/C40H36N4O4.C2H6/c1-5-7-9-21(3)19-43-37(45)27-13-11-25-32-24(18-42)16-30-34-28(38(46)44(40(30)48)20-22(4)10-8-6-2)14-12-26(36(32)34)31-23(17-41)15-29(39(43)47)33(27)35(25)31;1-2/h11-16,21-22H,5-10,19-20H2,1-4H3;1-2H3. The van der Waals surface area contributed by atoms with Crippen LogP contribution in [0.2, 0.25) is 0 Å². The molecule has 0 aliphatic carbocycles. The number of nitrogens with zero attached hydrogens (tertiary/aromatic N) is 4. The van der Waals surface area contributed by atoms with Crippen molar-refractivity contribution in [2.45, 2.75) is 80.1 Å². The molecule has 7 rings (SSSR count). The van der Waals surface area contributed by atoms with Crippen molar-refractivity contribution in [3.8, 4) is 12.1 Å². The Morgan fingerprint density at radius 2 is 0.920 bits per heavy atom. The van der Waals surface area contributed by atoms with Crippen molar-refractivity contribution in [3.63, 3.8) is 0 Å². The van der Waals surface area contributed by atoms with Gasteiger partial charge in [0.15, 0.2) is 0 Å². The number of rotatable bonds is 10. The van der Waals surface area contributed by atoms with Crippen LogP contribution in [-0.4, -0.2) is 46.5 Å². The Hall–Kier alpha value is -5.34. The van der Waals surface area contributed by atoms with Crippen LogP contribution < -0.4 is 0 Å². The molecule has 2 aliphatic heterocycles. The summed E-state index contributed by atoms with van der Waals surface area (Å²) < 4.78 is 0. The number of hydrogen-bond acceptors (Lipinski definition) is 6. The number of carbonyl (C=O) groups excluding carboxylic acids is 4. The van der Waals surface area contributed by atoms with Crippen LogP contribution in [0.25, 0.3) is 43.1 Å². The second kappa shape index (κ2) is 13.5. The average Bonchev–Trinajstić information content (AvgIpc) is 3.14. The predicted molar refractivity (Wildman–Crippen MR) is 197 cm³/mol. The van der Waals surface area contributed by atoms with Gasteiger partial charge in [-0.25, -0.2) is 0 Å². The maximum absolute atomic E-state index is 14.0. The molecule has 5 aromatic rings. The van der Waals surface area contributed by atoms with Gasteiger partial charge in [0, 0.05) is 56.5 Å². The minimum absolute atomic E-state index is 0.119. The first-order chi connectivity index (χ1) is 24.2. The van der Waals surface area contributed by atoms with Crippen molar-refractivity contribution in [2.24, 2.45) is 11.8 Å². The third-order valence-corrected chi connectivity index (χ3v) is 10.3. The number of amides is 4. The zero-order valence-corrected chi connectivity index (χ0v) is 29.7. The number of fused-ring (bicyclic) bond motifs is 2. The number of imide groups is 2. The van der Waals surface area contributed by atoms with Gasteiger partial charge in [0.2, 0.25) is 0 Å². The highest BCUT2D eigenvalue weighted by atomic mass is 16.2. The van der Waals surface area contributed by atoms with Gasteiger partial charge in [-0.1, -0.05) is 79.4 Å². The topological polar surface area (TPSA) is 122 Å². The highest BCUT2D eigenvalue weighted by Gasteiger charge is 2.39. The predicted octanol–water partition coefficient (Wildman–Crippen LogP) is 9.35. The van der Waals surface area contributed by atoms with Crippen molar-refractivity contribution < 1.29 is 19.2 Å². The molecule has 5 aromatic carbocycles. The van der Waals surface area contributed by atoms with Crippen LogP contribution in [0, 0.1) is 34.5 Å². The van der Waals surface area contributed by atoms with Gasteiger partial charge in [-0.3, -0.25) is 29.0 Å². The largest absolute Gasteiger partial charge is 0.274 e. The highest BCUT2D eigenvalue weighted by Crippen LogP contribution is 2.48. The zero-order chi connectivity index (χ0) is 36.0. The molecule has 2 atom stereocenters. The SMILES string of the molecule is CC.CCCCC(C)CN1C(=O)c2ccc3c4c(C#N)cc5c6c(ccc(c7c(C#N)cc(c2c37)C1=O)c64)C(=O)N(CC(C)CCCC)C5=O. The van der Waals surface area contributed by atoms with Crippen molar-refractivity contribution in [3.05, 3.63) is 69.8 Å². The molecule has 0 bridgehead atoms. The van der Waals surface area contributed by atoms with Crippen LogP contribution in [0.3, 0.4) is 0 Å². The van der Waals surface area contributed by atoms with E-state index in [-0.39, 0.29) is 59.0 Å². The molecule has 2 heterocycles. The Kier molecular flexibility index (Phi) is 9.33. The first kappa shape index (κ1) is 34.5. The smallest absolute Gasteiger partial charge is 0.261 e. The molecule has 8 heteroatoms. The van der Waals surface area contributed by atoms with E-state index in [1.807, 2.05) is 27.7 Å². The molecule has 8 nitrogen and oxygen atoms in total. The van der Waals surface area contributed by atoms with E-state index in [4.69, 9.17) is 0 Å². The van der Waals surface area contributed by atoms with Crippen LogP contribution in [0.15, 0.2) is 36.4 Å². The van der Waals surface area contributed by atoms with E-state index >= 15 is 0 Å². The van der Waals surface area contributed by atoms with Crippen molar-refractivity contribution in [1.82, 2.24) is 9.80 Å². The first-order valence-corrected chi connectivity index (χ1v) is 18.0. The van der Waals surface area contributed by atoms with Gasteiger partial charge in [0.05, 0.1) is 34.4 Å². The van der Waals surface area contributed by atoms with E-state index in [1.165, 1.54) is 9.80 Å². The summed E-state index contributed by atoms with van der Waals surface area (Å²) in [5.41, 5.74) is 1.83. The Morgan fingerprint density at radius 3 is 1.26 bits per heavy atom. The molecule has 0 spiro atoms. The first-order valence-electron chi connectivity index (χ1n) is 18.0. The van der Waals surface area contributed by atoms with Gasteiger partial charge in [0.1, 0.15) is 0 Å². The fraction of sp³-hybridized carbons (Fsp3) is 0.381. The third kappa shape index (κ3) is 5.09. The fourth-order valence-electron chi connectivity index (χ4n) is 7.99. The number of carbonyl (C=O) groups is 4. The third-order valence-electron chi connectivity index (χ3n) is 10.3. The molecule has 2 aliphatic rings. The molecule has 4 amide bonds. The van der Waals surface area contributed by atoms with Crippen LogP contribution in [0.1, 0.15) is 133 Å². The lowest BCUT2D eigenvalue weighted by Crippen LogP contribution is -2.43. The van der Waals surface area contributed by atoms with Crippen molar-refractivity contribution in [1.29, 1.82) is 10.5 Å². The highest BCUT2D eigenvalue weighted by molar-refractivity contribution is 6.42. The minimum Gasteiger partial charge on any atom is -0.274 e. The lowest BCUT2D eigenvalue weighted by atomic mass is 9.79. The molecule has 50 heavy (non-hydrogen) atoms. The average molecular weight is 667 g/mol. The summed E-state index contributed by atoms with van der Waals surface area (Å²) in [5, 5.41) is 25.3. The second-order valence-corrected chi connectivity index (χ2v) is 13.7. The van der Waals surface area contributed by atoms with Crippen LogP contribution in [0.4, 0.5) is 0 Å². The number of unbranched alkanes of at least 4 members (excludes halogenated alkanes) is 2. The molecular formula is C42H42N4O4. The van der Waals surface area contributed by atoms with Crippen LogP contribution >= 0.6 is 0 Å². The molecule has 254 valence electrons. The van der Waals surface area contributed by atoms with Gasteiger partial charge >= 0.3 is 0 Å². The van der Waals surface area contributed by atoms with Gasteiger partial charge in [-0.15, -0.1) is 0 Å². The summed E-state index contributed by atoms with van der Waals surface area (Å²) in [6, 6.07) is 14.7. The quantitative estimate of drug-likeness (QED) is 0.0831. The normalized spacial score (nSPS) is 15.1. The van der Waals surface area contributed by atoms with E-state index in [0.717, 1.165) is 38.5 Å². The van der Waals surface area contributed by atoms with Crippen LogP contribution in [0.5, 0.6) is 0 Å². The fourth-order valence-corrected chi connectivity index (χ4v) is 7.99. The molecule has 0 aromatic heterocycles. The molecule has 0 radical (unpaired) electrons. The van der Waals surface area contributed by atoms with Crippen molar-refractivity contribution in [2.75, 3.05) is 13.1 Å². The van der Waals surface area contributed by atoms with Crippen LogP contribution in [-0.2, 0) is 0 Å². The Bertz CT molecular complexity index is 2160. The van der Waals surface area contributed by atoms with E-state index in [1.54, 1.807) is 36.4 Å². The van der Waals surface area contributed by atoms with E-state index in [0.29, 0.717) is 54.2 Å². The second-order valence-electron chi connectivity index (χ2n) is 13.7. The molecule has 0 fully saturated rings. The van der Waals surface area contributed by atoms with Crippen molar-refractivity contribution >= 4 is 66.7 Å². The van der Waals surface area contributed by atoms with E-state index in [2.05, 4.69) is 26.0 Å². The Labute approximate surface area is 292 Å². The summed E-state index contributed by atoms with van der Waals surface area (Å²) in [4.78, 5) is 58.5.